The molecule has 0 radical (unpaired) electrons. The van der Waals surface area contributed by atoms with Crippen molar-refractivity contribution in [1.82, 2.24) is 20.2 Å². The molecule has 0 unspecified atom stereocenters. The van der Waals surface area contributed by atoms with E-state index >= 15 is 0 Å². The smallest absolute Gasteiger partial charge is 0.167 e. The summed E-state index contributed by atoms with van der Waals surface area (Å²) < 4.78 is 0. The molecule has 1 aliphatic carbocycles. The van der Waals surface area contributed by atoms with Gasteiger partial charge in [0.2, 0.25) is 0 Å². The second-order valence-corrected chi connectivity index (χ2v) is 3.16. The fraction of sp³-hybridized carbons (Fsp3) is 0.833. The molecule has 0 saturated heterocycles. The number of rotatable bonds is 1. The van der Waals surface area contributed by atoms with E-state index in [0.717, 1.165) is 5.82 Å². The van der Waals surface area contributed by atoms with Gasteiger partial charge in [-0.25, -0.2) is 0 Å². The number of hydrogen-bond acceptors (Lipinski definition) is 3. The summed E-state index contributed by atoms with van der Waals surface area (Å²) in [5, 5.41) is 11.9. The van der Waals surface area contributed by atoms with Gasteiger partial charge in [-0.05, 0) is 18.1 Å². The lowest BCUT2D eigenvalue weighted by atomic mass is 10.1. The van der Waals surface area contributed by atoms with Crippen LogP contribution in [0.3, 0.4) is 0 Å². The van der Waals surface area contributed by atoms with Crippen LogP contribution in [0, 0.1) is 0 Å². The number of aromatic nitrogens is 4. The average Bonchev–Trinajstić information content (AvgIpc) is 2.45. The topological polar surface area (TPSA) is 43.6 Å². The molecule has 0 aromatic carbocycles. The molecule has 1 saturated carbocycles. The van der Waals surface area contributed by atoms with Gasteiger partial charge in [-0.1, -0.05) is 6.92 Å². The molecule has 0 atom stereocenters. The molecule has 0 amide bonds. The Morgan fingerprint density at radius 2 is 2.20 bits per heavy atom. The molecule has 4 heteroatoms. The predicted octanol–water partition coefficient (Wildman–Crippen LogP) is 0.262. The van der Waals surface area contributed by atoms with Gasteiger partial charge in [-0.3, -0.25) is 0 Å². The van der Waals surface area contributed by atoms with Gasteiger partial charge in [-0.2, -0.15) is 4.80 Å². The van der Waals surface area contributed by atoms with Crippen LogP contribution >= 0.6 is 0 Å². The quantitative estimate of drug-likeness (QED) is 0.559. The molecule has 1 aromatic rings. The molecule has 0 bridgehead atoms. The summed E-state index contributed by atoms with van der Waals surface area (Å²) >= 11 is 0. The Balaban J connectivity index is 2.34. The van der Waals surface area contributed by atoms with Crippen LogP contribution in [0.2, 0.25) is 0 Å². The highest BCUT2D eigenvalue weighted by Gasteiger charge is 2.43. The van der Waals surface area contributed by atoms with Crippen molar-refractivity contribution in [3.63, 3.8) is 0 Å². The molecule has 1 heterocycles. The van der Waals surface area contributed by atoms with Gasteiger partial charge in [-0.15, -0.1) is 10.2 Å². The molecule has 2 rings (SSSR count). The van der Waals surface area contributed by atoms with E-state index in [2.05, 4.69) is 22.3 Å². The molecule has 10 heavy (non-hydrogen) atoms. The normalized spacial score (nSPS) is 21.0. The van der Waals surface area contributed by atoms with Gasteiger partial charge in [0, 0.05) is 5.41 Å². The maximum atomic E-state index is 4.14. The van der Waals surface area contributed by atoms with E-state index in [0.29, 0.717) is 0 Å². The van der Waals surface area contributed by atoms with Gasteiger partial charge in [0.05, 0.1) is 7.05 Å². The van der Waals surface area contributed by atoms with E-state index in [1.165, 1.54) is 17.6 Å². The van der Waals surface area contributed by atoms with Gasteiger partial charge in [0.25, 0.3) is 0 Å². The van der Waals surface area contributed by atoms with E-state index in [9.17, 15) is 0 Å². The van der Waals surface area contributed by atoms with E-state index < -0.39 is 0 Å². The van der Waals surface area contributed by atoms with Gasteiger partial charge in [0.15, 0.2) is 5.82 Å². The Kier molecular flexibility index (Phi) is 0.910. The van der Waals surface area contributed by atoms with E-state index in [4.69, 9.17) is 0 Å². The predicted molar refractivity (Wildman–Crippen MR) is 35.4 cm³/mol. The van der Waals surface area contributed by atoms with Gasteiger partial charge >= 0.3 is 0 Å². The number of hydrogen-bond donors (Lipinski definition) is 0. The Labute approximate surface area is 59.2 Å². The molecular formula is C6H10N4. The Morgan fingerprint density at radius 1 is 1.50 bits per heavy atom. The maximum Gasteiger partial charge on any atom is 0.180 e. The van der Waals surface area contributed by atoms with Crippen LogP contribution < -0.4 is 0 Å². The first-order valence-electron chi connectivity index (χ1n) is 3.45. The summed E-state index contributed by atoms with van der Waals surface area (Å²) in [6, 6.07) is 0. The van der Waals surface area contributed by atoms with Crippen LogP contribution in [0.15, 0.2) is 0 Å². The minimum atomic E-state index is 0.258. The van der Waals surface area contributed by atoms with Crippen molar-refractivity contribution in [2.24, 2.45) is 7.05 Å². The van der Waals surface area contributed by atoms with Crippen molar-refractivity contribution in [2.75, 3.05) is 0 Å². The van der Waals surface area contributed by atoms with Gasteiger partial charge < -0.3 is 0 Å². The summed E-state index contributed by atoms with van der Waals surface area (Å²) in [5.41, 5.74) is 0.258. The first-order chi connectivity index (χ1) is 4.71. The number of tetrazole rings is 1. The van der Waals surface area contributed by atoms with Crippen LogP contribution in [0.1, 0.15) is 25.6 Å². The summed E-state index contributed by atoms with van der Waals surface area (Å²) in [5.74, 6) is 0.898. The standard InChI is InChI=1S/C6H10N4/c1-6(3-4-6)5-7-9-10(2)8-5/h3-4H2,1-2H3. The largest absolute Gasteiger partial charge is 0.180 e. The van der Waals surface area contributed by atoms with Crippen molar-refractivity contribution in [3.8, 4) is 0 Å². The molecule has 54 valence electrons. The number of nitrogens with zero attached hydrogens (tertiary/aromatic N) is 4. The minimum absolute atomic E-state index is 0.258. The van der Waals surface area contributed by atoms with Crippen molar-refractivity contribution in [1.29, 1.82) is 0 Å². The summed E-state index contributed by atoms with van der Waals surface area (Å²) in [7, 11) is 1.79. The molecule has 1 aliphatic rings. The fourth-order valence-corrected chi connectivity index (χ4v) is 0.937. The monoisotopic (exact) mass is 138 g/mol. The highest BCUT2D eigenvalue weighted by Crippen LogP contribution is 2.45. The minimum Gasteiger partial charge on any atom is -0.167 e. The maximum absolute atomic E-state index is 4.14. The first kappa shape index (κ1) is 5.82. The molecule has 0 spiro atoms. The van der Waals surface area contributed by atoms with Crippen molar-refractivity contribution in [2.45, 2.75) is 25.2 Å². The van der Waals surface area contributed by atoms with Crippen LogP contribution in [-0.4, -0.2) is 20.2 Å². The molecule has 4 nitrogen and oxygen atoms in total. The SMILES string of the molecule is Cn1nnc(C2(C)CC2)n1. The highest BCUT2D eigenvalue weighted by atomic mass is 15.6. The Morgan fingerprint density at radius 3 is 2.60 bits per heavy atom. The van der Waals surface area contributed by atoms with Crippen molar-refractivity contribution < 1.29 is 0 Å². The lowest BCUT2D eigenvalue weighted by Gasteiger charge is -1.96. The molecule has 0 N–H and O–H groups in total. The zero-order valence-corrected chi connectivity index (χ0v) is 6.20. The first-order valence-corrected chi connectivity index (χ1v) is 3.45. The molecule has 1 aromatic heterocycles. The van der Waals surface area contributed by atoms with E-state index in [1.54, 1.807) is 7.05 Å². The highest BCUT2D eigenvalue weighted by molar-refractivity contribution is 5.12. The van der Waals surface area contributed by atoms with E-state index in [1.807, 2.05) is 0 Å². The van der Waals surface area contributed by atoms with Crippen LogP contribution in [0.4, 0.5) is 0 Å². The third kappa shape index (κ3) is 0.716. The lowest BCUT2D eigenvalue weighted by molar-refractivity contribution is 0.620. The van der Waals surface area contributed by atoms with Crippen molar-refractivity contribution in [3.05, 3.63) is 5.82 Å². The zero-order valence-electron chi connectivity index (χ0n) is 6.20. The second-order valence-electron chi connectivity index (χ2n) is 3.16. The third-order valence-electron chi connectivity index (χ3n) is 2.05. The summed E-state index contributed by atoms with van der Waals surface area (Å²) in [4.78, 5) is 1.51. The summed E-state index contributed by atoms with van der Waals surface area (Å²) in [6.45, 7) is 2.17. The molecule has 0 aliphatic heterocycles. The third-order valence-corrected chi connectivity index (χ3v) is 2.05. The Hall–Kier alpha value is -0.930. The number of aryl methyl sites for hydroxylation is 1. The molecule has 1 fully saturated rings. The lowest BCUT2D eigenvalue weighted by Crippen LogP contribution is -2.03. The van der Waals surface area contributed by atoms with E-state index in [-0.39, 0.29) is 5.41 Å². The fourth-order valence-electron chi connectivity index (χ4n) is 0.937. The Bertz CT molecular complexity index is 248. The summed E-state index contributed by atoms with van der Waals surface area (Å²) in [6.07, 6.45) is 2.41. The van der Waals surface area contributed by atoms with Gasteiger partial charge in [0.1, 0.15) is 0 Å². The average molecular weight is 138 g/mol. The van der Waals surface area contributed by atoms with Crippen molar-refractivity contribution >= 4 is 0 Å². The van der Waals surface area contributed by atoms with Crippen LogP contribution in [0.25, 0.3) is 0 Å². The van der Waals surface area contributed by atoms with Crippen LogP contribution in [0.5, 0.6) is 0 Å². The zero-order chi connectivity index (χ0) is 7.19. The second kappa shape index (κ2) is 1.56. The molecular weight excluding hydrogens is 128 g/mol. The van der Waals surface area contributed by atoms with Crippen LogP contribution in [-0.2, 0) is 12.5 Å².